The number of hydrogen-bond acceptors (Lipinski definition) is 2. The van der Waals surface area contributed by atoms with Crippen LogP contribution in [0, 0.1) is 6.92 Å². The monoisotopic (exact) mass is 251 g/mol. The number of nitrogens with two attached hydrogens (primary N) is 1. The maximum atomic E-state index is 5.76. The van der Waals surface area contributed by atoms with Gasteiger partial charge in [0.1, 0.15) is 0 Å². The van der Waals surface area contributed by atoms with Crippen LogP contribution in [0.2, 0.25) is 0 Å². The van der Waals surface area contributed by atoms with Crippen molar-refractivity contribution in [2.45, 2.75) is 6.92 Å². The molecule has 0 fully saturated rings. The van der Waals surface area contributed by atoms with Crippen LogP contribution in [0.4, 0.5) is 5.82 Å². The number of anilines is 1. The van der Waals surface area contributed by atoms with E-state index in [1.165, 1.54) is 0 Å². The molecule has 0 aliphatic rings. The summed E-state index contributed by atoms with van der Waals surface area (Å²) >= 11 is 3.39. The zero-order valence-electron chi connectivity index (χ0n) is 7.71. The maximum Gasteiger partial charge on any atom is 0.153 e. The Morgan fingerprint density at radius 1 is 1.29 bits per heavy atom. The van der Waals surface area contributed by atoms with Crippen molar-refractivity contribution in [2.75, 3.05) is 5.73 Å². The van der Waals surface area contributed by atoms with E-state index in [9.17, 15) is 0 Å². The summed E-state index contributed by atoms with van der Waals surface area (Å²) in [6.45, 7) is 1.96. The fourth-order valence-corrected chi connectivity index (χ4v) is 1.69. The van der Waals surface area contributed by atoms with Crippen molar-refractivity contribution in [1.29, 1.82) is 0 Å². The van der Waals surface area contributed by atoms with Crippen molar-refractivity contribution in [3.63, 3.8) is 0 Å². The Kier molecular flexibility index (Phi) is 2.29. The molecule has 0 saturated heterocycles. The van der Waals surface area contributed by atoms with Gasteiger partial charge in [0.25, 0.3) is 0 Å². The lowest BCUT2D eigenvalue weighted by molar-refractivity contribution is 1.05. The minimum Gasteiger partial charge on any atom is -0.382 e. The largest absolute Gasteiger partial charge is 0.382 e. The van der Waals surface area contributed by atoms with E-state index in [1.807, 2.05) is 31.2 Å². The molecular formula is C10H10BrN3. The van der Waals surface area contributed by atoms with Gasteiger partial charge < -0.3 is 5.73 Å². The van der Waals surface area contributed by atoms with E-state index in [0.29, 0.717) is 5.82 Å². The van der Waals surface area contributed by atoms with Crippen molar-refractivity contribution < 1.29 is 0 Å². The van der Waals surface area contributed by atoms with Gasteiger partial charge >= 0.3 is 0 Å². The molecule has 0 saturated carbocycles. The molecule has 0 unspecified atom stereocenters. The third kappa shape index (κ3) is 1.53. The first kappa shape index (κ1) is 9.27. The normalized spacial score (nSPS) is 10.4. The first-order valence-corrected chi connectivity index (χ1v) is 5.04. The molecule has 2 aromatic rings. The van der Waals surface area contributed by atoms with Crippen LogP contribution in [0.25, 0.3) is 11.1 Å². The predicted octanol–water partition coefficient (Wildman–Crippen LogP) is 2.73. The highest BCUT2D eigenvalue weighted by atomic mass is 79.9. The molecule has 3 N–H and O–H groups in total. The second kappa shape index (κ2) is 3.46. The van der Waals surface area contributed by atoms with Crippen LogP contribution < -0.4 is 5.73 Å². The van der Waals surface area contributed by atoms with E-state index >= 15 is 0 Å². The molecule has 0 atom stereocenters. The number of halogens is 1. The minimum absolute atomic E-state index is 0.546. The molecule has 0 radical (unpaired) electrons. The summed E-state index contributed by atoms with van der Waals surface area (Å²) in [5.74, 6) is 0.546. The van der Waals surface area contributed by atoms with Gasteiger partial charge in [-0.1, -0.05) is 28.1 Å². The van der Waals surface area contributed by atoms with E-state index in [0.717, 1.165) is 21.3 Å². The lowest BCUT2D eigenvalue weighted by atomic mass is 10.1. The molecule has 72 valence electrons. The van der Waals surface area contributed by atoms with E-state index in [2.05, 4.69) is 26.1 Å². The summed E-state index contributed by atoms with van der Waals surface area (Å²) in [6.07, 6.45) is 0. The summed E-state index contributed by atoms with van der Waals surface area (Å²) in [7, 11) is 0. The van der Waals surface area contributed by atoms with Gasteiger partial charge in [-0.15, -0.1) is 0 Å². The predicted molar refractivity (Wildman–Crippen MR) is 60.9 cm³/mol. The topological polar surface area (TPSA) is 54.7 Å². The molecule has 0 bridgehead atoms. The van der Waals surface area contributed by atoms with Gasteiger partial charge in [0.05, 0.1) is 0 Å². The summed E-state index contributed by atoms with van der Waals surface area (Å²) in [5.41, 5.74) is 8.81. The van der Waals surface area contributed by atoms with Gasteiger partial charge in [-0.25, -0.2) is 0 Å². The molecule has 4 heteroatoms. The number of rotatable bonds is 1. The van der Waals surface area contributed by atoms with Crippen molar-refractivity contribution in [3.8, 4) is 11.1 Å². The fraction of sp³-hybridized carbons (Fsp3) is 0.100. The minimum atomic E-state index is 0.546. The fourth-order valence-electron chi connectivity index (χ4n) is 1.43. The summed E-state index contributed by atoms with van der Waals surface area (Å²) < 4.78 is 1.06. The Hall–Kier alpha value is -1.29. The highest BCUT2D eigenvalue weighted by molar-refractivity contribution is 9.10. The summed E-state index contributed by atoms with van der Waals surface area (Å²) in [5, 5.41) is 6.82. The second-order valence-corrected chi connectivity index (χ2v) is 4.03. The molecule has 0 amide bonds. The van der Waals surface area contributed by atoms with Crippen LogP contribution in [-0.2, 0) is 0 Å². The Labute approximate surface area is 90.5 Å². The Morgan fingerprint density at radius 3 is 2.43 bits per heavy atom. The summed E-state index contributed by atoms with van der Waals surface area (Å²) in [6, 6.07) is 8.00. The number of aryl methyl sites for hydroxylation is 1. The van der Waals surface area contributed by atoms with Crippen LogP contribution in [0.5, 0.6) is 0 Å². The average Bonchev–Trinajstić information content (AvgIpc) is 2.49. The molecule has 0 spiro atoms. The lowest BCUT2D eigenvalue weighted by Crippen LogP contribution is -1.88. The first-order valence-electron chi connectivity index (χ1n) is 4.25. The van der Waals surface area contributed by atoms with E-state index in [4.69, 9.17) is 5.73 Å². The third-order valence-electron chi connectivity index (χ3n) is 2.11. The van der Waals surface area contributed by atoms with Crippen LogP contribution in [0.15, 0.2) is 28.7 Å². The number of aromatic amines is 1. The van der Waals surface area contributed by atoms with Crippen molar-refractivity contribution in [1.82, 2.24) is 10.2 Å². The molecule has 3 nitrogen and oxygen atoms in total. The van der Waals surface area contributed by atoms with Gasteiger partial charge in [-0.2, -0.15) is 5.10 Å². The van der Waals surface area contributed by atoms with Gasteiger partial charge in [0.15, 0.2) is 5.82 Å². The van der Waals surface area contributed by atoms with Crippen molar-refractivity contribution >= 4 is 21.7 Å². The number of aromatic nitrogens is 2. The molecule has 0 aliphatic carbocycles. The Bertz CT molecular complexity index is 425. The van der Waals surface area contributed by atoms with Crippen molar-refractivity contribution in [2.24, 2.45) is 0 Å². The molecule has 0 aliphatic heterocycles. The standard InChI is InChI=1S/C10H10BrN3/c1-6-9(10(12)14-13-6)7-2-4-8(11)5-3-7/h2-5H,1H3,(H3,12,13,14). The summed E-state index contributed by atoms with van der Waals surface area (Å²) in [4.78, 5) is 0. The van der Waals surface area contributed by atoms with E-state index in [-0.39, 0.29) is 0 Å². The molecule has 14 heavy (non-hydrogen) atoms. The van der Waals surface area contributed by atoms with Gasteiger partial charge in [0, 0.05) is 15.7 Å². The highest BCUT2D eigenvalue weighted by Crippen LogP contribution is 2.28. The van der Waals surface area contributed by atoms with Crippen LogP contribution in [0.3, 0.4) is 0 Å². The molecule has 1 aromatic heterocycles. The number of nitrogen functional groups attached to an aromatic ring is 1. The number of benzene rings is 1. The third-order valence-corrected chi connectivity index (χ3v) is 2.64. The highest BCUT2D eigenvalue weighted by Gasteiger charge is 2.08. The number of hydrogen-bond donors (Lipinski definition) is 2. The molecular weight excluding hydrogens is 242 g/mol. The van der Waals surface area contributed by atoms with Crippen LogP contribution in [-0.4, -0.2) is 10.2 Å². The molecule has 1 heterocycles. The van der Waals surface area contributed by atoms with Crippen LogP contribution >= 0.6 is 15.9 Å². The number of nitrogens with zero attached hydrogens (tertiary/aromatic N) is 1. The second-order valence-electron chi connectivity index (χ2n) is 3.12. The van der Waals surface area contributed by atoms with Gasteiger partial charge in [-0.05, 0) is 24.6 Å². The van der Waals surface area contributed by atoms with E-state index < -0.39 is 0 Å². The zero-order chi connectivity index (χ0) is 10.1. The van der Waals surface area contributed by atoms with Gasteiger partial charge in [-0.3, -0.25) is 5.10 Å². The first-order chi connectivity index (χ1) is 6.68. The quantitative estimate of drug-likeness (QED) is 0.819. The van der Waals surface area contributed by atoms with Crippen molar-refractivity contribution in [3.05, 3.63) is 34.4 Å². The van der Waals surface area contributed by atoms with Crippen LogP contribution in [0.1, 0.15) is 5.69 Å². The number of nitrogens with one attached hydrogen (secondary N) is 1. The Balaban J connectivity index is 2.54. The Morgan fingerprint density at radius 2 is 1.93 bits per heavy atom. The van der Waals surface area contributed by atoms with E-state index in [1.54, 1.807) is 0 Å². The smallest absolute Gasteiger partial charge is 0.153 e. The lowest BCUT2D eigenvalue weighted by Gasteiger charge is -2.00. The molecule has 2 rings (SSSR count). The zero-order valence-corrected chi connectivity index (χ0v) is 9.30. The average molecular weight is 252 g/mol. The SMILES string of the molecule is Cc1[nH]nc(N)c1-c1ccc(Br)cc1. The number of H-pyrrole nitrogens is 1. The maximum absolute atomic E-state index is 5.76. The van der Waals surface area contributed by atoms with Gasteiger partial charge in [0.2, 0.25) is 0 Å². The molecule has 1 aromatic carbocycles.